The molecule has 7 heteroatoms. The summed E-state index contributed by atoms with van der Waals surface area (Å²) < 4.78 is 5.61. The summed E-state index contributed by atoms with van der Waals surface area (Å²) in [5.41, 5.74) is 2.92. The number of amides is 2. The summed E-state index contributed by atoms with van der Waals surface area (Å²) in [5, 5.41) is 6.62. The quantitative estimate of drug-likeness (QED) is 0.401. The van der Waals surface area contributed by atoms with Gasteiger partial charge in [0.1, 0.15) is 16.4 Å². The molecular formula is C25H21N3O3S. The third-order valence-electron chi connectivity index (χ3n) is 4.64. The normalized spacial score (nSPS) is 10.4. The van der Waals surface area contributed by atoms with Gasteiger partial charge in [0.05, 0.1) is 0 Å². The second kappa shape index (κ2) is 9.89. The fraction of sp³-hybridized carbons (Fsp3) is 0.0800. The molecule has 4 rings (SSSR count). The molecule has 0 saturated carbocycles. The second-order valence-corrected chi connectivity index (χ2v) is 7.98. The van der Waals surface area contributed by atoms with E-state index < -0.39 is 0 Å². The van der Waals surface area contributed by atoms with Crippen LogP contribution in [0.4, 0.5) is 10.1 Å². The zero-order valence-corrected chi connectivity index (χ0v) is 18.2. The fourth-order valence-electron chi connectivity index (χ4n) is 3.03. The smallest absolute Gasteiger partial charge is 0.264 e. The van der Waals surface area contributed by atoms with Crippen molar-refractivity contribution in [3.8, 4) is 17.0 Å². The fourth-order valence-corrected chi connectivity index (χ4v) is 3.93. The Labute approximate surface area is 189 Å². The number of hydrogen-bond donors (Lipinski definition) is 2. The summed E-state index contributed by atoms with van der Waals surface area (Å²) in [7, 11) is 0. The van der Waals surface area contributed by atoms with Crippen molar-refractivity contribution in [3.63, 3.8) is 0 Å². The Morgan fingerprint density at radius 3 is 2.25 bits per heavy atom. The van der Waals surface area contributed by atoms with Crippen LogP contribution in [0.25, 0.3) is 11.3 Å². The minimum atomic E-state index is -0.331. The topological polar surface area (TPSA) is 80.3 Å². The number of benzene rings is 3. The van der Waals surface area contributed by atoms with E-state index in [1.54, 1.807) is 24.3 Å². The van der Waals surface area contributed by atoms with Gasteiger partial charge in [-0.05, 0) is 30.7 Å². The number of carbonyl (C=O) groups is 2. The predicted octanol–water partition coefficient (Wildman–Crippen LogP) is 5.39. The van der Waals surface area contributed by atoms with Crippen LogP contribution in [-0.2, 0) is 4.79 Å². The van der Waals surface area contributed by atoms with Gasteiger partial charge in [0, 0.05) is 11.1 Å². The Morgan fingerprint density at radius 1 is 0.875 bits per heavy atom. The molecular weight excluding hydrogens is 422 g/mol. The molecule has 0 saturated heterocycles. The molecule has 32 heavy (non-hydrogen) atoms. The highest BCUT2D eigenvalue weighted by Gasteiger charge is 2.18. The van der Waals surface area contributed by atoms with Gasteiger partial charge in [-0.25, -0.2) is 4.98 Å². The van der Waals surface area contributed by atoms with Gasteiger partial charge in [-0.2, -0.15) is 0 Å². The molecule has 0 unspecified atom stereocenters. The number of rotatable bonds is 7. The van der Waals surface area contributed by atoms with Gasteiger partial charge in [-0.3, -0.25) is 14.9 Å². The number of hydrogen-bond acceptors (Lipinski definition) is 5. The van der Waals surface area contributed by atoms with Crippen LogP contribution in [-0.4, -0.2) is 23.4 Å². The molecule has 1 heterocycles. The Hall–Kier alpha value is -3.97. The lowest BCUT2D eigenvalue weighted by Gasteiger charge is -2.08. The molecule has 2 amide bonds. The van der Waals surface area contributed by atoms with Crippen LogP contribution < -0.4 is 15.4 Å². The van der Waals surface area contributed by atoms with Crippen molar-refractivity contribution in [2.75, 3.05) is 17.2 Å². The Morgan fingerprint density at radius 2 is 1.53 bits per heavy atom. The van der Waals surface area contributed by atoms with E-state index in [1.807, 2.05) is 67.6 Å². The molecule has 0 bridgehead atoms. The molecule has 0 aliphatic heterocycles. The Balaban J connectivity index is 1.52. The van der Waals surface area contributed by atoms with Crippen molar-refractivity contribution >= 4 is 33.3 Å². The van der Waals surface area contributed by atoms with Crippen LogP contribution in [0.5, 0.6) is 5.75 Å². The number of thiazole rings is 1. The van der Waals surface area contributed by atoms with E-state index in [1.165, 1.54) is 11.3 Å². The first-order chi connectivity index (χ1) is 15.6. The largest absolute Gasteiger partial charge is 0.483 e. The zero-order chi connectivity index (χ0) is 22.3. The molecule has 0 fully saturated rings. The summed E-state index contributed by atoms with van der Waals surface area (Å²) >= 11 is 1.20. The minimum Gasteiger partial charge on any atom is -0.483 e. The van der Waals surface area contributed by atoms with E-state index in [0.29, 0.717) is 27.1 Å². The number of ether oxygens (including phenoxy) is 1. The van der Waals surface area contributed by atoms with Gasteiger partial charge >= 0.3 is 0 Å². The number of aromatic nitrogens is 1. The van der Waals surface area contributed by atoms with Crippen molar-refractivity contribution < 1.29 is 14.3 Å². The molecule has 0 atom stereocenters. The molecule has 0 radical (unpaired) electrons. The van der Waals surface area contributed by atoms with Gasteiger partial charge in [0.25, 0.3) is 11.8 Å². The van der Waals surface area contributed by atoms with Crippen LogP contribution >= 0.6 is 11.3 Å². The van der Waals surface area contributed by atoms with E-state index in [2.05, 4.69) is 15.6 Å². The van der Waals surface area contributed by atoms with Crippen molar-refractivity contribution in [1.29, 1.82) is 0 Å². The van der Waals surface area contributed by atoms with Gasteiger partial charge in [-0.15, -0.1) is 0 Å². The maximum atomic E-state index is 12.7. The maximum absolute atomic E-state index is 12.7. The van der Waals surface area contributed by atoms with E-state index in [-0.39, 0.29) is 18.4 Å². The molecule has 160 valence electrons. The molecule has 3 aromatic carbocycles. The van der Waals surface area contributed by atoms with Crippen molar-refractivity contribution in [3.05, 3.63) is 96.1 Å². The molecule has 1 aromatic heterocycles. The van der Waals surface area contributed by atoms with Gasteiger partial charge in [0.2, 0.25) is 0 Å². The van der Waals surface area contributed by atoms with E-state index >= 15 is 0 Å². The lowest BCUT2D eigenvalue weighted by atomic mass is 10.1. The molecule has 2 N–H and O–H groups in total. The number of para-hydroxylation sites is 1. The highest BCUT2D eigenvalue weighted by molar-refractivity contribution is 7.20. The highest BCUT2D eigenvalue weighted by Crippen LogP contribution is 2.36. The summed E-state index contributed by atoms with van der Waals surface area (Å²) in [6.07, 6.45) is 0. The molecule has 6 nitrogen and oxygen atoms in total. The molecule has 4 aromatic rings. The van der Waals surface area contributed by atoms with Gasteiger partial charge in [0.15, 0.2) is 11.7 Å². The lowest BCUT2D eigenvalue weighted by Crippen LogP contribution is -2.20. The zero-order valence-electron chi connectivity index (χ0n) is 17.4. The average molecular weight is 444 g/mol. The third-order valence-corrected chi connectivity index (χ3v) is 5.52. The van der Waals surface area contributed by atoms with E-state index in [0.717, 1.165) is 11.1 Å². The SMILES string of the molecule is Cc1ccccc1OCC(=O)Nc1nc(-c2ccccc2)c(NC(=O)c2ccccc2)s1. The minimum absolute atomic E-state index is 0.142. The number of carbonyl (C=O) groups excluding carboxylic acids is 2. The van der Waals surface area contributed by atoms with Crippen LogP contribution in [0.2, 0.25) is 0 Å². The summed E-state index contributed by atoms with van der Waals surface area (Å²) in [5.74, 6) is 0.0809. The molecule has 0 spiro atoms. The van der Waals surface area contributed by atoms with Gasteiger partial charge in [-0.1, -0.05) is 78.1 Å². The van der Waals surface area contributed by atoms with Crippen LogP contribution in [0.15, 0.2) is 84.9 Å². The first-order valence-corrected chi connectivity index (χ1v) is 10.8. The van der Waals surface area contributed by atoms with E-state index in [9.17, 15) is 9.59 Å². The first-order valence-electron chi connectivity index (χ1n) is 10.0. The van der Waals surface area contributed by atoms with Crippen LogP contribution in [0, 0.1) is 6.92 Å². The number of nitrogens with zero attached hydrogens (tertiary/aromatic N) is 1. The van der Waals surface area contributed by atoms with E-state index in [4.69, 9.17) is 4.74 Å². The molecule has 0 aliphatic rings. The van der Waals surface area contributed by atoms with Crippen LogP contribution in [0.3, 0.4) is 0 Å². The predicted molar refractivity (Wildman–Crippen MR) is 127 cm³/mol. The Bertz CT molecular complexity index is 1220. The monoisotopic (exact) mass is 443 g/mol. The maximum Gasteiger partial charge on any atom is 0.264 e. The summed E-state index contributed by atoms with van der Waals surface area (Å²) in [6, 6.07) is 25.9. The first kappa shape index (κ1) is 21.3. The lowest BCUT2D eigenvalue weighted by molar-refractivity contribution is -0.118. The van der Waals surface area contributed by atoms with Crippen molar-refractivity contribution in [1.82, 2.24) is 4.98 Å². The summed E-state index contributed by atoms with van der Waals surface area (Å²) in [6.45, 7) is 1.78. The van der Waals surface area contributed by atoms with Crippen molar-refractivity contribution in [2.45, 2.75) is 6.92 Å². The number of aryl methyl sites for hydroxylation is 1. The standard InChI is InChI=1S/C25H21N3O3S/c1-17-10-8-9-15-20(17)31-16-21(29)26-25-27-22(18-11-4-2-5-12-18)24(32-25)28-23(30)19-13-6-3-7-14-19/h2-15H,16H2,1H3,(H,28,30)(H,26,27,29). The second-order valence-electron chi connectivity index (χ2n) is 6.99. The molecule has 0 aliphatic carbocycles. The number of nitrogens with one attached hydrogen (secondary N) is 2. The third kappa shape index (κ3) is 5.19. The summed E-state index contributed by atoms with van der Waals surface area (Å²) in [4.78, 5) is 29.7. The van der Waals surface area contributed by atoms with Crippen LogP contribution in [0.1, 0.15) is 15.9 Å². The van der Waals surface area contributed by atoms with Crippen molar-refractivity contribution in [2.24, 2.45) is 0 Å². The van der Waals surface area contributed by atoms with Gasteiger partial charge < -0.3 is 10.1 Å². The highest BCUT2D eigenvalue weighted by atomic mass is 32.1. The Kier molecular flexibility index (Phi) is 6.57. The average Bonchev–Trinajstić information content (AvgIpc) is 3.21. The number of anilines is 2.